The quantitative estimate of drug-likeness (QED) is 0.384. The summed E-state index contributed by atoms with van der Waals surface area (Å²) in [7, 11) is 1.52. The molecule has 210 valence electrons. The molecule has 11 heteroatoms. The Hall–Kier alpha value is -4.28. The number of ether oxygens (including phenoxy) is 1. The lowest BCUT2D eigenvalue weighted by atomic mass is 10.1. The largest absolute Gasteiger partial charge is 0.495 e. The van der Waals surface area contributed by atoms with E-state index in [1.54, 1.807) is 15.9 Å². The number of carbonyl (C=O) groups excluding carboxylic acids is 3. The second kappa shape index (κ2) is 14.0. The van der Waals surface area contributed by atoms with Crippen molar-refractivity contribution < 1.29 is 29.0 Å². The predicted octanol–water partition coefficient (Wildman–Crippen LogP) is 3.54. The summed E-state index contributed by atoms with van der Waals surface area (Å²) in [6.07, 6.45) is 1.44. The van der Waals surface area contributed by atoms with Gasteiger partial charge in [-0.2, -0.15) is 0 Å². The van der Waals surface area contributed by atoms with Crippen LogP contribution in [0.25, 0.3) is 0 Å². The smallest absolute Gasteiger partial charge is 0.323 e. The standard InChI is InChI=1S/C28H37N5O6/c1-19-7-4-5-8-22(19)30-27(37)31-23-11-9-21(17-24(23)39-3)10-12-25(34)32-13-6-14-33(16-15-32)28(38)29-18-20(2)26(35)36/h4-5,7-9,11,17,20H,6,10,12-16,18H2,1-3H3,(H,29,38)(H,35,36)(H2,30,31,37). The number of hydrogen-bond acceptors (Lipinski definition) is 5. The van der Waals surface area contributed by atoms with Gasteiger partial charge in [0.15, 0.2) is 0 Å². The van der Waals surface area contributed by atoms with Crippen LogP contribution in [-0.4, -0.2) is 78.7 Å². The fourth-order valence-corrected chi connectivity index (χ4v) is 4.20. The maximum atomic E-state index is 12.9. The number of para-hydroxylation sites is 1. The van der Waals surface area contributed by atoms with Crippen molar-refractivity contribution in [3.05, 3.63) is 53.6 Å². The number of hydrogen-bond donors (Lipinski definition) is 4. The molecular formula is C28H37N5O6. The van der Waals surface area contributed by atoms with Crippen molar-refractivity contribution in [1.29, 1.82) is 0 Å². The molecule has 1 aliphatic heterocycles. The van der Waals surface area contributed by atoms with Crippen LogP contribution >= 0.6 is 0 Å². The summed E-state index contributed by atoms with van der Waals surface area (Å²) in [6.45, 7) is 5.37. The molecule has 0 radical (unpaired) electrons. The molecular weight excluding hydrogens is 502 g/mol. The molecule has 0 aromatic heterocycles. The van der Waals surface area contributed by atoms with Gasteiger partial charge in [0.25, 0.3) is 0 Å². The zero-order valence-corrected chi connectivity index (χ0v) is 22.7. The van der Waals surface area contributed by atoms with E-state index in [0.717, 1.165) is 11.1 Å². The average molecular weight is 540 g/mol. The van der Waals surface area contributed by atoms with E-state index in [4.69, 9.17) is 9.84 Å². The topological polar surface area (TPSA) is 140 Å². The van der Waals surface area contributed by atoms with Gasteiger partial charge in [0, 0.05) is 44.8 Å². The number of nitrogens with zero attached hydrogens (tertiary/aromatic N) is 2. The molecule has 11 nitrogen and oxygen atoms in total. The van der Waals surface area contributed by atoms with Crippen LogP contribution in [0, 0.1) is 12.8 Å². The van der Waals surface area contributed by atoms with Gasteiger partial charge in [-0.25, -0.2) is 9.59 Å². The van der Waals surface area contributed by atoms with E-state index in [1.807, 2.05) is 43.3 Å². The summed E-state index contributed by atoms with van der Waals surface area (Å²) in [5.74, 6) is -1.14. The number of aryl methyl sites for hydroxylation is 2. The van der Waals surface area contributed by atoms with E-state index in [1.165, 1.54) is 14.0 Å². The van der Waals surface area contributed by atoms with E-state index >= 15 is 0 Å². The second-order valence-corrected chi connectivity index (χ2v) is 9.58. The van der Waals surface area contributed by atoms with Crippen LogP contribution in [0.2, 0.25) is 0 Å². The molecule has 1 unspecified atom stereocenters. The minimum Gasteiger partial charge on any atom is -0.495 e. The number of methoxy groups -OCH3 is 1. The van der Waals surface area contributed by atoms with Crippen LogP contribution in [0.3, 0.4) is 0 Å². The number of nitrogens with one attached hydrogen (secondary N) is 3. The minimum absolute atomic E-state index is 0.00413. The molecule has 1 atom stereocenters. The third kappa shape index (κ3) is 8.62. The molecule has 2 aromatic rings. The van der Waals surface area contributed by atoms with Crippen LogP contribution in [0.5, 0.6) is 5.75 Å². The van der Waals surface area contributed by atoms with Gasteiger partial charge in [-0.15, -0.1) is 0 Å². The Labute approximate surface area is 228 Å². The van der Waals surface area contributed by atoms with Crippen molar-refractivity contribution in [2.24, 2.45) is 5.92 Å². The van der Waals surface area contributed by atoms with Gasteiger partial charge in [0.05, 0.1) is 18.7 Å². The first-order chi connectivity index (χ1) is 18.7. The van der Waals surface area contributed by atoms with Gasteiger partial charge in [-0.1, -0.05) is 31.2 Å². The number of urea groups is 2. The predicted molar refractivity (Wildman–Crippen MR) is 148 cm³/mol. The Morgan fingerprint density at radius 1 is 0.974 bits per heavy atom. The average Bonchev–Trinajstić information content (AvgIpc) is 3.18. The molecule has 3 rings (SSSR count). The summed E-state index contributed by atoms with van der Waals surface area (Å²) >= 11 is 0. The van der Waals surface area contributed by atoms with E-state index < -0.39 is 11.9 Å². The van der Waals surface area contributed by atoms with Gasteiger partial charge in [0.2, 0.25) is 5.91 Å². The molecule has 2 aromatic carbocycles. The van der Waals surface area contributed by atoms with Crippen LogP contribution < -0.4 is 20.7 Å². The molecule has 0 saturated carbocycles. The number of carbonyl (C=O) groups is 4. The number of aliphatic carboxylic acids is 1. The highest BCUT2D eigenvalue weighted by molar-refractivity contribution is 6.01. The lowest BCUT2D eigenvalue weighted by Gasteiger charge is -2.23. The first-order valence-corrected chi connectivity index (χ1v) is 13.0. The Bertz CT molecular complexity index is 1190. The molecule has 0 aliphatic carbocycles. The van der Waals surface area contributed by atoms with Gasteiger partial charge < -0.3 is 35.6 Å². The number of amides is 5. The van der Waals surface area contributed by atoms with Gasteiger partial charge in [-0.3, -0.25) is 9.59 Å². The number of anilines is 2. The first-order valence-electron chi connectivity index (χ1n) is 13.0. The molecule has 0 bridgehead atoms. The summed E-state index contributed by atoms with van der Waals surface area (Å²) < 4.78 is 5.47. The van der Waals surface area contributed by atoms with Gasteiger partial charge >= 0.3 is 18.0 Å². The SMILES string of the molecule is COc1cc(CCC(=O)N2CCCN(C(=O)NCC(C)C(=O)O)CC2)ccc1NC(=O)Nc1ccccc1C. The Balaban J connectivity index is 1.49. The highest BCUT2D eigenvalue weighted by Gasteiger charge is 2.23. The second-order valence-electron chi connectivity index (χ2n) is 9.58. The highest BCUT2D eigenvalue weighted by Crippen LogP contribution is 2.27. The van der Waals surface area contributed by atoms with Crippen LogP contribution in [0.4, 0.5) is 21.0 Å². The molecule has 1 aliphatic rings. The van der Waals surface area contributed by atoms with E-state index in [9.17, 15) is 19.2 Å². The number of carboxylic acid groups (broad SMARTS) is 1. The summed E-state index contributed by atoms with van der Waals surface area (Å²) in [5, 5.41) is 17.3. The normalized spacial score (nSPS) is 14.1. The van der Waals surface area contributed by atoms with Crippen molar-refractivity contribution in [2.45, 2.75) is 33.1 Å². The summed E-state index contributed by atoms with van der Waals surface area (Å²) in [5.41, 5.74) is 3.08. The summed E-state index contributed by atoms with van der Waals surface area (Å²) in [4.78, 5) is 52.1. The van der Waals surface area contributed by atoms with Crippen LogP contribution in [0.15, 0.2) is 42.5 Å². The first kappa shape index (κ1) is 29.3. The zero-order chi connectivity index (χ0) is 28.4. The zero-order valence-electron chi connectivity index (χ0n) is 22.7. The molecule has 0 spiro atoms. The van der Waals surface area contributed by atoms with E-state index in [2.05, 4.69) is 16.0 Å². The van der Waals surface area contributed by atoms with Crippen molar-refractivity contribution in [2.75, 3.05) is 50.5 Å². The number of rotatable bonds is 9. The monoisotopic (exact) mass is 539 g/mol. The fourth-order valence-electron chi connectivity index (χ4n) is 4.20. The van der Waals surface area contributed by atoms with Crippen LogP contribution in [-0.2, 0) is 16.0 Å². The lowest BCUT2D eigenvalue weighted by molar-refractivity contribution is -0.140. The van der Waals surface area contributed by atoms with Crippen molar-refractivity contribution in [3.8, 4) is 5.75 Å². The molecule has 1 saturated heterocycles. The van der Waals surface area contributed by atoms with Crippen molar-refractivity contribution in [1.82, 2.24) is 15.1 Å². The Morgan fingerprint density at radius 3 is 2.38 bits per heavy atom. The lowest BCUT2D eigenvalue weighted by Crippen LogP contribution is -2.44. The van der Waals surface area contributed by atoms with Gasteiger partial charge in [-0.05, 0) is 49.1 Å². The number of carboxylic acids is 1. The Kier molecular flexibility index (Phi) is 10.5. The van der Waals surface area contributed by atoms with E-state index in [-0.39, 0.29) is 24.5 Å². The Morgan fingerprint density at radius 2 is 1.67 bits per heavy atom. The fraction of sp³-hybridized carbons (Fsp3) is 0.429. The molecule has 5 amide bonds. The van der Waals surface area contributed by atoms with Crippen molar-refractivity contribution >= 4 is 35.3 Å². The van der Waals surface area contributed by atoms with Gasteiger partial charge in [0.1, 0.15) is 5.75 Å². The van der Waals surface area contributed by atoms with Crippen molar-refractivity contribution in [3.63, 3.8) is 0 Å². The maximum absolute atomic E-state index is 12.9. The maximum Gasteiger partial charge on any atom is 0.323 e. The third-order valence-corrected chi connectivity index (χ3v) is 6.65. The third-order valence-electron chi connectivity index (χ3n) is 6.65. The van der Waals surface area contributed by atoms with E-state index in [0.29, 0.717) is 62.6 Å². The minimum atomic E-state index is -0.963. The number of benzene rings is 2. The molecule has 4 N–H and O–H groups in total. The summed E-state index contributed by atoms with van der Waals surface area (Å²) in [6, 6.07) is 12.2. The molecule has 1 fully saturated rings. The molecule has 1 heterocycles. The van der Waals surface area contributed by atoms with Crippen LogP contribution in [0.1, 0.15) is 30.9 Å². The molecule has 39 heavy (non-hydrogen) atoms. The highest BCUT2D eigenvalue weighted by atomic mass is 16.5.